The topological polar surface area (TPSA) is 145 Å². The van der Waals surface area contributed by atoms with Crippen molar-refractivity contribution in [3.8, 4) is 0 Å². The molecule has 13 heteroatoms. The fourth-order valence-electron chi connectivity index (χ4n) is 7.67. The van der Waals surface area contributed by atoms with E-state index in [0.29, 0.717) is 49.1 Å². The van der Waals surface area contributed by atoms with Gasteiger partial charge in [0.15, 0.2) is 9.84 Å². The van der Waals surface area contributed by atoms with E-state index in [2.05, 4.69) is 66.0 Å². The highest BCUT2D eigenvalue weighted by Crippen LogP contribution is 2.45. The summed E-state index contributed by atoms with van der Waals surface area (Å²) in [7, 11) is -7.71. The lowest BCUT2D eigenvalue weighted by molar-refractivity contribution is -0.148. The van der Waals surface area contributed by atoms with Gasteiger partial charge >= 0.3 is 11.9 Å². The Kier molecular flexibility index (Phi) is 16.3. The minimum atomic E-state index is -4.10. The van der Waals surface area contributed by atoms with Crippen LogP contribution in [0.3, 0.4) is 0 Å². The van der Waals surface area contributed by atoms with Crippen LogP contribution in [0.15, 0.2) is 61.4 Å². The van der Waals surface area contributed by atoms with Crippen LogP contribution in [0, 0.1) is 23.7 Å². The van der Waals surface area contributed by atoms with E-state index in [1.54, 1.807) is 6.92 Å². The SMILES string of the molecule is CCN[C@H]1C[C@H](C)S(=O)(=O)c2sc(S(=O)(=O)N=CCCOC(=O)CCC/C=C\C[C@@H]3[C@@H](CC[C@H](C)CCc4ccccc4)[C@H](C)C[C@@H]3OC(C)=O)cc21. The number of sulfone groups is 1. The van der Waals surface area contributed by atoms with E-state index >= 15 is 0 Å². The smallest absolute Gasteiger partial charge is 0.305 e. The van der Waals surface area contributed by atoms with Crippen molar-refractivity contribution < 1.29 is 35.9 Å². The number of nitrogens with one attached hydrogen (secondary N) is 1. The van der Waals surface area contributed by atoms with Crippen molar-refractivity contribution in [2.45, 2.75) is 131 Å². The van der Waals surface area contributed by atoms with Crippen LogP contribution in [-0.2, 0) is 45.3 Å². The van der Waals surface area contributed by atoms with E-state index in [0.717, 1.165) is 49.9 Å². The highest BCUT2D eigenvalue weighted by molar-refractivity contribution is 7.96. The summed E-state index contributed by atoms with van der Waals surface area (Å²) in [6.07, 6.45) is 13.7. The van der Waals surface area contributed by atoms with Crippen LogP contribution in [0.4, 0.5) is 0 Å². The van der Waals surface area contributed by atoms with Gasteiger partial charge in [0.1, 0.15) is 14.5 Å². The molecule has 2 aliphatic rings. The zero-order valence-corrected chi connectivity index (χ0v) is 34.3. The molecule has 2 heterocycles. The Hall–Kier alpha value is -2.87. The number of hydrogen-bond donors (Lipinski definition) is 1. The number of carbonyl (C=O) groups excluding carboxylic acids is 2. The number of carbonyl (C=O) groups is 2. The number of thiophene rings is 1. The molecule has 1 fully saturated rings. The maximum Gasteiger partial charge on any atom is 0.305 e. The van der Waals surface area contributed by atoms with Crippen molar-refractivity contribution in [1.29, 1.82) is 0 Å². The Morgan fingerprint density at radius 3 is 2.55 bits per heavy atom. The molecule has 53 heavy (non-hydrogen) atoms. The molecule has 0 spiro atoms. The van der Waals surface area contributed by atoms with Crippen molar-refractivity contribution >= 4 is 49.4 Å². The second kappa shape index (κ2) is 20.2. The lowest BCUT2D eigenvalue weighted by Gasteiger charge is -2.27. The molecule has 0 saturated heterocycles. The van der Waals surface area contributed by atoms with Crippen LogP contribution in [0.1, 0.15) is 116 Å². The number of unbranched alkanes of at least 4 members (excludes halogenated alkanes) is 1. The third-order valence-electron chi connectivity index (χ3n) is 10.6. The zero-order chi connectivity index (χ0) is 38.6. The number of allylic oxidation sites excluding steroid dienone is 2. The number of fused-ring (bicyclic) bond motifs is 1. The summed E-state index contributed by atoms with van der Waals surface area (Å²) in [6.45, 7) is 10.3. The number of esters is 2. The van der Waals surface area contributed by atoms with Gasteiger partial charge in [-0.2, -0.15) is 12.8 Å². The summed E-state index contributed by atoms with van der Waals surface area (Å²) in [6, 6.07) is 11.8. The fourth-order valence-corrected chi connectivity index (χ4v) is 12.6. The normalized spacial score (nSPS) is 24.7. The van der Waals surface area contributed by atoms with Crippen molar-refractivity contribution in [3.05, 3.63) is 59.7 Å². The van der Waals surface area contributed by atoms with E-state index < -0.39 is 25.1 Å². The van der Waals surface area contributed by atoms with E-state index in [4.69, 9.17) is 9.47 Å². The third kappa shape index (κ3) is 12.3. The lowest BCUT2D eigenvalue weighted by Crippen LogP contribution is -2.33. The standard InChI is InChI=1S/C40H58N2O8S3/c1-6-41-36-26-30(4)52(45,46)40-35(36)27-39(51-40)53(47,48)42-23-14-24-49-38(44)18-13-8-7-12-17-34-33(29(3)25-37(34)50-31(5)43)22-20-28(2)19-21-32-15-10-9-11-16-32/h7,9-12,15-16,23,27-30,33-34,36-37,41H,6,8,13-14,17-22,24-26H2,1-5H3/b12-7-,42-23?/t28-,29-,30+,33+,34-,36+,37+/m1/s1. The molecule has 4 rings (SSSR count). The summed E-state index contributed by atoms with van der Waals surface area (Å²) in [5.74, 6) is 1.27. The van der Waals surface area contributed by atoms with Crippen LogP contribution in [0.25, 0.3) is 0 Å². The number of ether oxygens (including phenoxy) is 2. The first-order chi connectivity index (χ1) is 25.2. The summed E-state index contributed by atoms with van der Waals surface area (Å²) in [5.41, 5.74) is 1.86. The first-order valence-electron chi connectivity index (χ1n) is 19.1. The summed E-state index contributed by atoms with van der Waals surface area (Å²) in [5, 5.41) is 2.63. The molecule has 1 N–H and O–H groups in total. The van der Waals surface area contributed by atoms with Crippen molar-refractivity contribution in [3.63, 3.8) is 0 Å². The molecule has 1 aromatic carbocycles. The molecule has 0 radical (unpaired) electrons. The Morgan fingerprint density at radius 2 is 1.83 bits per heavy atom. The number of aryl methyl sites for hydroxylation is 1. The minimum Gasteiger partial charge on any atom is -0.465 e. The number of sulfonamides is 1. The largest absolute Gasteiger partial charge is 0.465 e. The minimum absolute atomic E-state index is 0.00726. The van der Waals surface area contributed by atoms with Crippen molar-refractivity contribution in [2.24, 2.45) is 28.1 Å². The Balaban J connectivity index is 1.18. The van der Waals surface area contributed by atoms with E-state index in [1.807, 2.05) is 6.92 Å². The fraction of sp³-hybridized carbons (Fsp3) is 0.625. The third-order valence-corrected chi connectivity index (χ3v) is 16.3. The molecular weight excluding hydrogens is 733 g/mol. The summed E-state index contributed by atoms with van der Waals surface area (Å²) >= 11 is 0.739. The number of benzene rings is 1. The molecule has 1 aromatic heterocycles. The van der Waals surface area contributed by atoms with E-state index in [-0.39, 0.29) is 57.9 Å². The summed E-state index contributed by atoms with van der Waals surface area (Å²) in [4.78, 5) is 24.2. The van der Waals surface area contributed by atoms with Crippen LogP contribution in [-0.4, -0.2) is 59.5 Å². The Bertz CT molecular complexity index is 1770. The van der Waals surface area contributed by atoms with Crippen LogP contribution in [0.5, 0.6) is 0 Å². The van der Waals surface area contributed by atoms with Gasteiger partial charge in [-0.15, -0.1) is 11.3 Å². The zero-order valence-electron chi connectivity index (χ0n) is 31.9. The average molecular weight is 791 g/mol. The highest BCUT2D eigenvalue weighted by Gasteiger charge is 2.42. The molecule has 10 nitrogen and oxygen atoms in total. The van der Waals surface area contributed by atoms with Crippen LogP contribution in [0.2, 0.25) is 0 Å². The van der Waals surface area contributed by atoms with E-state index in [1.165, 1.54) is 24.8 Å². The lowest BCUT2D eigenvalue weighted by atomic mass is 9.81. The predicted octanol–water partition coefficient (Wildman–Crippen LogP) is 8.03. The number of nitrogens with zero attached hydrogens (tertiary/aromatic N) is 1. The first kappa shape index (κ1) is 42.9. The molecule has 1 aliphatic heterocycles. The highest BCUT2D eigenvalue weighted by atomic mass is 32.3. The van der Waals surface area contributed by atoms with Gasteiger partial charge in [-0.05, 0) is 94.2 Å². The molecular formula is C40H58N2O8S3. The van der Waals surface area contributed by atoms with Gasteiger partial charge in [-0.3, -0.25) is 9.59 Å². The second-order valence-corrected chi connectivity index (χ2v) is 20.2. The monoisotopic (exact) mass is 790 g/mol. The van der Waals surface area contributed by atoms with E-state index in [9.17, 15) is 26.4 Å². The van der Waals surface area contributed by atoms with Gasteiger partial charge in [-0.25, -0.2) is 8.42 Å². The summed E-state index contributed by atoms with van der Waals surface area (Å²) < 4.78 is 66.3. The number of rotatable bonds is 20. The molecule has 0 unspecified atom stereocenters. The molecule has 0 amide bonds. The van der Waals surface area contributed by atoms with Gasteiger partial charge in [0.25, 0.3) is 10.0 Å². The predicted molar refractivity (Wildman–Crippen MR) is 210 cm³/mol. The van der Waals surface area contributed by atoms with Crippen molar-refractivity contribution in [1.82, 2.24) is 5.32 Å². The number of hydrogen-bond acceptors (Lipinski definition) is 10. The molecule has 2 aromatic rings. The van der Waals surface area contributed by atoms with Gasteiger partial charge in [0.05, 0.1) is 11.9 Å². The molecule has 7 atom stereocenters. The second-order valence-electron chi connectivity index (χ2n) is 14.8. The molecule has 294 valence electrons. The van der Waals surface area contributed by atoms with Gasteiger partial charge in [0.2, 0.25) is 0 Å². The Morgan fingerprint density at radius 1 is 1.08 bits per heavy atom. The first-order valence-corrected chi connectivity index (χ1v) is 22.9. The van der Waals surface area contributed by atoms with Gasteiger partial charge in [-0.1, -0.05) is 69.7 Å². The van der Waals surface area contributed by atoms with Gasteiger partial charge < -0.3 is 14.8 Å². The molecule has 1 saturated carbocycles. The quantitative estimate of drug-likeness (QED) is 0.0610. The maximum absolute atomic E-state index is 12.9. The molecule has 1 aliphatic carbocycles. The maximum atomic E-state index is 12.9. The van der Waals surface area contributed by atoms with Crippen LogP contribution < -0.4 is 5.32 Å². The van der Waals surface area contributed by atoms with Gasteiger partial charge in [0, 0.05) is 43.5 Å². The van der Waals surface area contributed by atoms with Crippen molar-refractivity contribution in [2.75, 3.05) is 13.2 Å². The van der Waals surface area contributed by atoms with Crippen LogP contribution >= 0.6 is 11.3 Å². The Labute approximate surface area is 321 Å². The average Bonchev–Trinajstić information content (AvgIpc) is 3.70. The molecule has 0 bridgehead atoms.